The van der Waals surface area contributed by atoms with Crippen molar-refractivity contribution in [2.24, 2.45) is 23.7 Å². The number of carbonyl (C=O) groups excluding carboxylic acids is 3. The van der Waals surface area contributed by atoms with Crippen LogP contribution in [0, 0.1) is 23.7 Å². The number of benzene rings is 5. The van der Waals surface area contributed by atoms with Gasteiger partial charge in [-0.2, -0.15) is 4.68 Å². The first-order chi connectivity index (χ1) is 62.6. The van der Waals surface area contributed by atoms with Crippen LogP contribution in [0.1, 0.15) is 209 Å². The van der Waals surface area contributed by atoms with Crippen LogP contribution >= 0.6 is 43.5 Å². The number of piperidine rings is 1. The van der Waals surface area contributed by atoms with Crippen molar-refractivity contribution in [3.63, 3.8) is 0 Å². The summed E-state index contributed by atoms with van der Waals surface area (Å²) >= 11 is 12.5. The summed E-state index contributed by atoms with van der Waals surface area (Å²) in [4.78, 5) is 52.6. The number of hydrogen-bond acceptors (Lipinski definition) is 20. The van der Waals surface area contributed by atoms with Crippen LogP contribution in [0.5, 0.6) is 0 Å². The standard InChI is InChI=1S/C19H30N2O.C14H19ClN4O5.3C13H20N2.C12H24N2O.C7H7Br.C7H15N.C6H11BrO.CH4/c1-16-13-21(15-19-8-10-22-11-9-19)17(2)12-20(16)14-18-6-4-3-5-7-18;1-5-23-12(21)16-10-8-7-18(11(15)20)14(3,4)9(8)19(17-10)13(22)24-6-2;3*1-11-9-15(12(2)8-14-11)10-13-6-4-3-5-7-13;1-10-8-14(11(2)7-13-10)9-12-3-5-15-6-4-12;8-6-7-4-2-1-3-5-7;1-6-3-4-7(2)8-5-6;7-5-6-1-3-8-4-2-6;/h3-7,16-17,19H,8-15H2,1-2H3;5-7H2,1-4H3,(H,16,17,21);3*3-7,11-12,14H,8-10H2,1-2H3;10-13H,3-9H2,1-2H3;1-5H,6H2;6-8H,3-5H2,1-2H3;6H,1-5H2;1H4/t16-,17+;;3*11-,12+;10-,11+;;6-,7-;;/m0.1100.1../s1. The van der Waals surface area contributed by atoms with Gasteiger partial charge in [-0.1, -0.05) is 198 Å². The zero-order valence-electron chi connectivity index (χ0n) is 82.0. The Balaban J connectivity index is 0.000000206. The molecule has 0 saturated carbocycles. The van der Waals surface area contributed by atoms with Crippen LogP contribution in [0.4, 0.5) is 20.2 Å². The van der Waals surface area contributed by atoms with Crippen molar-refractivity contribution in [3.8, 4) is 0 Å². The van der Waals surface area contributed by atoms with Gasteiger partial charge in [0.1, 0.15) is 0 Å². The van der Waals surface area contributed by atoms with Gasteiger partial charge in [0, 0.05) is 227 Å². The summed E-state index contributed by atoms with van der Waals surface area (Å²) in [7, 11) is 0. The van der Waals surface area contributed by atoms with Crippen molar-refractivity contribution in [2.45, 2.75) is 280 Å². The van der Waals surface area contributed by atoms with E-state index in [9.17, 15) is 14.4 Å². The van der Waals surface area contributed by atoms with Gasteiger partial charge in [0.25, 0.3) is 0 Å². The monoisotopic (exact) mass is 1960 g/mol. The fraction of sp³-hybridized carbons (Fsp3) is 0.657. The number of ether oxygens (including phenoxy) is 5. The second-order valence-electron chi connectivity index (χ2n) is 38.4. The lowest BCUT2D eigenvalue weighted by atomic mass is 9.97. The summed E-state index contributed by atoms with van der Waals surface area (Å²) in [5.41, 5.74) is 7.04. The van der Waals surface area contributed by atoms with E-state index in [0.29, 0.717) is 71.7 Å². The van der Waals surface area contributed by atoms with E-state index in [4.69, 9.17) is 35.3 Å². The first-order valence-corrected chi connectivity index (χ1v) is 51.6. The van der Waals surface area contributed by atoms with Crippen molar-refractivity contribution >= 4 is 66.8 Å². The lowest BCUT2D eigenvalue weighted by Gasteiger charge is -2.45. The fourth-order valence-corrected chi connectivity index (χ4v) is 19.4. The highest BCUT2D eigenvalue weighted by Gasteiger charge is 2.47. The van der Waals surface area contributed by atoms with Crippen molar-refractivity contribution in [2.75, 3.05) is 149 Å². The van der Waals surface area contributed by atoms with Crippen LogP contribution in [0.25, 0.3) is 0 Å². The Morgan fingerprint density at radius 3 is 1.08 bits per heavy atom. The average molecular weight is 1970 g/mol. The predicted molar refractivity (Wildman–Crippen MR) is 548 cm³/mol. The molecule has 0 radical (unpaired) electrons. The second-order valence-corrected chi connectivity index (χ2v) is 39.9. The molecule has 11 heterocycles. The Hall–Kier alpha value is -5.79. The van der Waals surface area contributed by atoms with Gasteiger partial charge in [-0.15, -0.1) is 5.10 Å². The van der Waals surface area contributed by atoms with Gasteiger partial charge >= 0.3 is 17.6 Å². The highest BCUT2D eigenvalue weighted by atomic mass is 79.9. The minimum atomic E-state index is -0.900. The number of alkyl halides is 2. The Morgan fingerprint density at radius 2 is 0.756 bits per heavy atom. The molecule has 131 heavy (non-hydrogen) atoms. The summed E-state index contributed by atoms with van der Waals surface area (Å²) in [5.74, 6) is 3.62. The van der Waals surface area contributed by atoms with E-state index in [1.165, 1.54) is 123 Å². The third kappa shape index (κ3) is 40.4. The molecule has 734 valence electrons. The molecular weight excluding hydrogens is 1790 g/mol. The number of carbonyl (C=O) groups is 3. The maximum Gasteiger partial charge on any atom is 0.435 e. The summed E-state index contributed by atoms with van der Waals surface area (Å²) in [6.07, 6.45) is 8.84. The third-order valence-electron chi connectivity index (χ3n) is 26.6. The Kier molecular flexibility index (Phi) is 52.6. The van der Waals surface area contributed by atoms with Gasteiger partial charge in [0.15, 0.2) is 5.82 Å². The predicted octanol–water partition coefficient (Wildman–Crippen LogP) is 19.0. The maximum absolute atomic E-state index is 12.2. The molecule has 6 aromatic rings. The maximum atomic E-state index is 12.2. The Bertz CT molecular complexity index is 3860. The molecule has 6 N–H and O–H groups in total. The molecule has 10 aliphatic rings. The number of anilines is 1. The highest BCUT2D eigenvalue weighted by molar-refractivity contribution is 9.09. The van der Waals surface area contributed by atoms with Gasteiger partial charge in [-0.25, -0.2) is 9.59 Å². The highest BCUT2D eigenvalue weighted by Crippen LogP contribution is 2.43. The first kappa shape index (κ1) is 112. The zero-order valence-corrected chi connectivity index (χ0v) is 85.9. The first-order valence-electron chi connectivity index (χ1n) is 49.0. The largest absolute Gasteiger partial charge is 0.450 e. The van der Waals surface area contributed by atoms with Crippen molar-refractivity contribution in [1.29, 1.82) is 0 Å². The van der Waals surface area contributed by atoms with Gasteiger partial charge in [0.2, 0.25) is 0 Å². The summed E-state index contributed by atoms with van der Waals surface area (Å²) < 4.78 is 26.9. The van der Waals surface area contributed by atoms with E-state index >= 15 is 0 Å². The van der Waals surface area contributed by atoms with E-state index < -0.39 is 23.1 Å². The van der Waals surface area contributed by atoms with Crippen molar-refractivity contribution < 1.29 is 38.1 Å². The van der Waals surface area contributed by atoms with E-state index in [2.05, 4.69) is 315 Å². The molecule has 9 saturated heterocycles. The molecule has 5 aromatic carbocycles. The van der Waals surface area contributed by atoms with Crippen LogP contribution < -0.4 is 31.9 Å². The number of nitrogens with zero attached hydrogens (tertiary/aromatic N) is 9. The smallest absolute Gasteiger partial charge is 0.435 e. The lowest BCUT2D eigenvalue weighted by Crippen LogP contribution is -2.56. The number of nitrogens with one attached hydrogen (secondary N) is 6. The minimum absolute atomic E-state index is 0. The Labute approximate surface area is 812 Å². The number of amides is 2. The molecule has 2 amide bonds. The molecule has 0 unspecified atom stereocenters. The molecule has 10 aliphatic heterocycles. The van der Waals surface area contributed by atoms with Gasteiger partial charge in [0.05, 0.1) is 31.0 Å². The fourth-order valence-electron chi connectivity index (χ4n) is 18.1. The third-order valence-corrected chi connectivity index (χ3v) is 28.3. The molecule has 0 bridgehead atoms. The van der Waals surface area contributed by atoms with E-state index in [-0.39, 0.29) is 33.0 Å². The van der Waals surface area contributed by atoms with E-state index in [1.807, 2.05) is 18.2 Å². The summed E-state index contributed by atoms with van der Waals surface area (Å²) in [6.45, 7) is 60.2. The van der Waals surface area contributed by atoms with Crippen LogP contribution in [0.15, 0.2) is 152 Å². The van der Waals surface area contributed by atoms with Gasteiger partial charge in [-0.05, 0) is 225 Å². The number of piperazine rings is 5. The van der Waals surface area contributed by atoms with Gasteiger partial charge < -0.3 is 55.2 Å². The number of hydrogen-bond donors (Lipinski definition) is 6. The van der Waals surface area contributed by atoms with Gasteiger partial charge in [-0.3, -0.25) is 39.5 Å². The Morgan fingerprint density at radius 1 is 0.427 bits per heavy atom. The van der Waals surface area contributed by atoms with Crippen LogP contribution in [-0.4, -0.2) is 271 Å². The summed E-state index contributed by atoms with van der Waals surface area (Å²) in [5, 5.41) is 25.5. The molecule has 0 spiro atoms. The number of fused-ring (bicyclic) bond motifs is 1. The zero-order chi connectivity index (χ0) is 93.7. The average Bonchev–Trinajstić information content (AvgIpc) is 1.57. The lowest BCUT2D eigenvalue weighted by molar-refractivity contribution is 0.00517. The number of aromatic nitrogens is 2. The van der Waals surface area contributed by atoms with Crippen LogP contribution in [0.2, 0.25) is 0 Å². The second kappa shape index (κ2) is 61.4. The molecule has 1 aromatic heterocycles. The summed E-state index contributed by atoms with van der Waals surface area (Å²) in [6, 6.07) is 60.5. The molecule has 16 rings (SSSR count). The number of halogens is 3. The molecule has 0 aliphatic carbocycles. The topological polar surface area (TPSA) is 210 Å². The molecule has 9 fully saturated rings. The van der Waals surface area contributed by atoms with Crippen molar-refractivity contribution in [1.82, 2.24) is 70.7 Å². The van der Waals surface area contributed by atoms with Crippen LogP contribution in [0.3, 0.4) is 0 Å². The molecule has 12 atom stereocenters. The number of rotatable bonds is 17. The molecule has 26 heteroatoms. The van der Waals surface area contributed by atoms with E-state index in [0.717, 1.165) is 157 Å². The van der Waals surface area contributed by atoms with Crippen LogP contribution in [-0.2, 0) is 67.3 Å². The molecule has 23 nitrogen and oxygen atoms in total. The quantitative estimate of drug-likeness (QED) is 0.0285. The van der Waals surface area contributed by atoms with E-state index in [1.54, 1.807) is 27.7 Å². The SMILES string of the molecule is BrCC1CCOCC1.BrCc1ccccc1.C.CCOC(=O)Nc1nn(C(=O)OCC)c2c1CN(C(=O)Cl)C2(C)C.C[C@@H]1CC[C@@H](C)NC1.C[C@@H]1CN(Cc2ccccc2)[C@@H](C)CN1.C[C@@H]1CN(Cc2ccccc2)[C@@H](C)CN1.C[C@@H]1CN(Cc2ccccc2)[C@@H](C)CN1CC1CCOCC1.C[C@@H]1CN[C@@H](C)CN1CC1CCOCC1.C[C@@H]1CN[C@@H](C)CN1Cc1ccccc1. The molecular formula is C105H170Br2ClN15O8. The normalized spacial score (nSPS) is 25.7. The van der Waals surface area contributed by atoms with Crippen molar-refractivity contribution in [3.05, 3.63) is 191 Å². The minimum Gasteiger partial charge on any atom is -0.450 e.